The average molecular weight is 236 g/mol. The molecule has 98 valence electrons. The van der Waals surface area contributed by atoms with E-state index in [4.69, 9.17) is 4.74 Å². The van der Waals surface area contributed by atoms with E-state index in [0.717, 1.165) is 6.61 Å². The van der Waals surface area contributed by atoms with Gasteiger partial charge in [-0.05, 0) is 38.5 Å². The van der Waals surface area contributed by atoms with Gasteiger partial charge in [0.15, 0.2) is 0 Å². The number of ether oxygens (including phenoxy) is 1. The lowest BCUT2D eigenvalue weighted by Gasteiger charge is -2.10. The first-order valence-corrected chi connectivity index (χ1v) is 7.70. The van der Waals surface area contributed by atoms with Crippen LogP contribution in [0.15, 0.2) is 12.2 Å². The quantitative estimate of drug-likeness (QED) is 0.425. The SMILES string of the molecule is C1=C/CCCC2(CCCCCCCCC/1)CO2. The van der Waals surface area contributed by atoms with E-state index in [2.05, 4.69) is 12.2 Å². The highest BCUT2D eigenvalue weighted by Gasteiger charge is 2.42. The molecule has 1 unspecified atom stereocenters. The fraction of sp³-hybridized carbons (Fsp3) is 0.875. The molecule has 0 aromatic carbocycles. The fourth-order valence-electron chi connectivity index (χ4n) is 2.89. The molecule has 0 amide bonds. The van der Waals surface area contributed by atoms with Crippen LogP contribution in [0.2, 0.25) is 0 Å². The van der Waals surface area contributed by atoms with E-state index in [1.165, 1.54) is 77.0 Å². The molecule has 1 nitrogen and oxygen atoms in total. The van der Waals surface area contributed by atoms with Crippen LogP contribution in [0, 0.1) is 0 Å². The van der Waals surface area contributed by atoms with E-state index in [1.807, 2.05) is 0 Å². The Labute approximate surface area is 107 Å². The second kappa shape index (κ2) is 7.20. The van der Waals surface area contributed by atoms with Crippen LogP contribution < -0.4 is 0 Å². The Hall–Kier alpha value is -0.300. The van der Waals surface area contributed by atoms with Crippen LogP contribution in [0.1, 0.15) is 77.0 Å². The third kappa shape index (κ3) is 5.25. The van der Waals surface area contributed by atoms with Crippen molar-refractivity contribution in [1.29, 1.82) is 0 Å². The zero-order valence-electron chi connectivity index (χ0n) is 11.3. The summed E-state index contributed by atoms with van der Waals surface area (Å²) in [4.78, 5) is 0. The standard InChI is InChI=1S/C16H28O/c1-2-4-6-8-10-12-14-16(15-17-16)13-11-9-7-5-3-1/h5,7H,1-4,6,8-15H2/b7-5+. The van der Waals surface area contributed by atoms with Crippen LogP contribution in [0.3, 0.4) is 0 Å². The molecule has 1 spiro atoms. The number of hydrogen-bond donors (Lipinski definition) is 0. The zero-order chi connectivity index (χ0) is 11.8. The first-order valence-electron chi connectivity index (χ1n) is 7.70. The number of rotatable bonds is 0. The topological polar surface area (TPSA) is 12.5 Å². The minimum atomic E-state index is 0.327. The molecule has 1 heteroatoms. The van der Waals surface area contributed by atoms with Crippen LogP contribution in [0.5, 0.6) is 0 Å². The van der Waals surface area contributed by atoms with Crippen LogP contribution in [-0.4, -0.2) is 12.2 Å². The van der Waals surface area contributed by atoms with Crippen molar-refractivity contribution in [2.75, 3.05) is 6.61 Å². The molecule has 0 radical (unpaired) electrons. The second-order valence-corrected chi connectivity index (χ2v) is 5.85. The molecule has 0 aromatic heterocycles. The highest BCUT2D eigenvalue weighted by molar-refractivity contribution is 4.93. The maximum atomic E-state index is 5.70. The molecule has 17 heavy (non-hydrogen) atoms. The number of allylic oxidation sites excluding steroid dienone is 2. The van der Waals surface area contributed by atoms with E-state index < -0.39 is 0 Å². The van der Waals surface area contributed by atoms with Gasteiger partial charge in [0, 0.05) is 0 Å². The third-order valence-corrected chi connectivity index (χ3v) is 4.23. The third-order valence-electron chi connectivity index (χ3n) is 4.23. The minimum Gasteiger partial charge on any atom is -0.370 e. The van der Waals surface area contributed by atoms with Crippen molar-refractivity contribution in [1.82, 2.24) is 0 Å². The van der Waals surface area contributed by atoms with Gasteiger partial charge in [0.25, 0.3) is 0 Å². The van der Waals surface area contributed by atoms with E-state index in [-0.39, 0.29) is 0 Å². The molecule has 0 saturated carbocycles. The van der Waals surface area contributed by atoms with E-state index in [0.29, 0.717) is 5.60 Å². The molecule has 1 heterocycles. The number of hydrogen-bond acceptors (Lipinski definition) is 1. The minimum absolute atomic E-state index is 0.327. The zero-order valence-corrected chi connectivity index (χ0v) is 11.3. The Morgan fingerprint density at radius 2 is 1.18 bits per heavy atom. The summed E-state index contributed by atoms with van der Waals surface area (Å²) in [7, 11) is 0. The smallest absolute Gasteiger partial charge is 0.0916 e. The molecule has 0 bridgehead atoms. The van der Waals surface area contributed by atoms with Crippen molar-refractivity contribution < 1.29 is 4.74 Å². The van der Waals surface area contributed by atoms with Gasteiger partial charge in [0.05, 0.1) is 12.2 Å². The molecule has 2 rings (SSSR count). The van der Waals surface area contributed by atoms with Gasteiger partial charge in [-0.2, -0.15) is 0 Å². The summed E-state index contributed by atoms with van der Waals surface area (Å²) < 4.78 is 5.70. The van der Waals surface area contributed by atoms with Gasteiger partial charge >= 0.3 is 0 Å². The Kier molecular flexibility index (Phi) is 5.57. The molecular weight excluding hydrogens is 208 g/mol. The Balaban J connectivity index is 1.70. The van der Waals surface area contributed by atoms with E-state index in [9.17, 15) is 0 Å². The molecule has 1 fully saturated rings. The lowest BCUT2D eigenvalue weighted by atomic mass is 9.95. The maximum Gasteiger partial charge on any atom is 0.0916 e. The molecule has 0 aromatic rings. The van der Waals surface area contributed by atoms with Crippen molar-refractivity contribution in [2.24, 2.45) is 0 Å². The van der Waals surface area contributed by atoms with Crippen molar-refractivity contribution in [2.45, 2.75) is 82.7 Å². The summed E-state index contributed by atoms with van der Waals surface area (Å²) in [5, 5.41) is 0. The lowest BCUT2D eigenvalue weighted by molar-refractivity contribution is 0.263. The largest absolute Gasteiger partial charge is 0.370 e. The van der Waals surface area contributed by atoms with Crippen molar-refractivity contribution in [3.05, 3.63) is 12.2 Å². The predicted octanol–water partition coefficient (Wildman–Crippen LogP) is 5.01. The van der Waals surface area contributed by atoms with Crippen molar-refractivity contribution in [3.63, 3.8) is 0 Å². The van der Waals surface area contributed by atoms with Gasteiger partial charge in [-0.15, -0.1) is 0 Å². The van der Waals surface area contributed by atoms with Gasteiger partial charge in [-0.1, -0.05) is 50.7 Å². The van der Waals surface area contributed by atoms with Crippen LogP contribution in [0.25, 0.3) is 0 Å². The lowest BCUT2D eigenvalue weighted by Crippen LogP contribution is -2.10. The normalized spacial score (nSPS) is 34.8. The Bertz CT molecular complexity index is 228. The van der Waals surface area contributed by atoms with Gasteiger partial charge in [0.2, 0.25) is 0 Å². The van der Waals surface area contributed by atoms with Gasteiger partial charge in [0.1, 0.15) is 0 Å². The number of epoxide rings is 1. The van der Waals surface area contributed by atoms with E-state index in [1.54, 1.807) is 0 Å². The summed E-state index contributed by atoms with van der Waals surface area (Å²) in [6, 6.07) is 0. The van der Waals surface area contributed by atoms with Crippen LogP contribution in [0.4, 0.5) is 0 Å². The summed E-state index contributed by atoms with van der Waals surface area (Å²) in [6.07, 6.45) is 21.2. The van der Waals surface area contributed by atoms with Crippen LogP contribution in [-0.2, 0) is 4.74 Å². The average Bonchev–Trinajstić information content (AvgIpc) is 3.10. The summed E-state index contributed by atoms with van der Waals surface area (Å²) >= 11 is 0. The highest BCUT2D eigenvalue weighted by atomic mass is 16.6. The van der Waals surface area contributed by atoms with Gasteiger partial charge in [-0.25, -0.2) is 0 Å². The molecule has 2 aliphatic rings. The Morgan fingerprint density at radius 3 is 1.88 bits per heavy atom. The predicted molar refractivity (Wildman–Crippen MR) is 73.2 cm³/mol. The molecule has 0 N–H and O–H groups in total. The molecule has 1 aliphatic heterocycles. The molecule has 1 aliphatic carbocycles. The van der Waals surface area contributed by atoms with Crippen molar-refractivity contribution in [3.8, 4) is 0 Å². The van der Waals surface area contributed by atoms with Crippen molar-refractivity contribution >= 4 is 0 Å². The summed E-state index contributed by atoms with van der Waals surface area (Å²) in [6.45, 7) is 1.04. The molecular formula is C16H28O. The second-order valence-electron chi connectivity index (χ2n) is 5.85. The van der Waals surface area contributed by atoms with Gasteiger partial charge < -0.3 is 4.74 Å². The summed E-state index contributed by atoms with van der Waals surface area (Å²) in [5.41, 5.74) is 0.327. The van der Waals surface area contributed by atoms with Gasteiger partial charge in [-0.3, -0.25) is 0 Å². The monoisotopic (exact) mass is 236 g/mol. The van der Waals surface area contributed by atoms with E-state index >= 15 is 0 Å². The Morgan fingerprint density at radius 1 is 0.647 bits per heavy atom. The maximum absolute atomic E-state index is 5.70. The fourth-order valence-corrected chi connectivity index (χ4v) is 2.89. The summed E-state index contributed by atoms with van der Waals surface area (Å²) in [5.74, 6) is 0. The first-order chi connectivity index (χ1) is 8.41. The van der Waals surface area contributed by atoms with Crippen LogP contribution >= 0.6 is 0 Å². The molecule has 1 saturated heterocycles. The molecule has 1 atom stereocenters. The first kappa shape index (κ1) is 13.1. The highest BCUT2D eigenvalue weighted by Crippen LogP contribution is 2.38.